The fraction of sp³-hybridized carbons (Fsp3) is 0.933. The van der Waals surface area contributed by atoms with E-state index in [-0.39, 0.29) is 18.3 Å². The predicted octanol–water partition coefficient (Wildman–Crippen LogP) is 2.78. The van der Waals surface area contributed by atoms with Gasteiger partial charge in [-0.25, -0.2) is 4.57 Å². The van der Waals surface area contributed by atoms with Crippen LogP contribution in [0, 0.1) is 5.41 Å². The lowest BCUT2D eigenvalue weighted by Crippen LogP contribution is -2.39. The van der Waals surface area contributed by atoms with Crippen molar-refractivity contribution in [2.45, 2.75) is 34.1 Å². The van der Waals surface area contributed by atoms with Gasteiger partial charge in [0.2, 0.25) is 0 Å². The maximum Gasteiger partial charge on any atom is 0.386 e. The first-order valence-electron chi connectivity index (χ1n) is 8.27. The van der Waals surface area contributed by atoms with E-state index in [1.54, 1.807) is 0 Å². The van der Waals surface area contributed by atoms with E-state index in [2.05, 4.69) is 9.42 Å². The fourth-order valence-corrected chi connectivity index (χ4v) is 3.63. The van der Waals surface area contributed by atoms with Crippen molar-refractivity contribution in [3.63, 3.8) is 0 Å². The van der Waals surface area contributed by atoms with E-state index < -0.39 is 12.2 Å². The molecule has 1 fully saturated rings. The van der Waals surface area contributed by atoms with Crippen LogP contribution in [-0.4, -0.2) is 68.1 Å². The van der Waals surface area contributed by atoms with E-state index in [4.69, 9.17) is 9.47 Å². The molecule has 1 atom stereocenters. The van der Waals surface area contributed by atoms with Crippen LogP contribution in [-0.2, 0) is 23.4 Å². The maximum atomic E-state index is 12.1. The van der Waals surface area contributed by atoms with Gasteiger partial charge >= 0.3 is 12.8 Å². The highest BCUT2D eigenvalue weighted by Gasteiger charge is 2.30. The highest BCUT2D eigenvalue weighted by molar-refractivity contribution is 8.54. The largest absolute Gasteiger partial charge is 0.464 e. The van der Waals surface area contributed by atoms with Gasteiger partial charge in [0.1, 0.15) is 6.61 Å². The minimum Gasteiger partial charge on any atom is -0.464 e. The first-order chi connectivity index (χ1) is 11.3. The van der Waals surface area contributed by atoms with Crippen LogP contribution in [0.1, 0.15) is 34.1 Å². The SMILES string of the molecule is CC.COP(=O)(O)SCCOC(=O)C(C)(C)CCN1CCOCC1. The molecule has 1 unspecified atom stereocenters. The molecule has 144 valence electrons. The van der Waals surface area contributed by atoms with Crippen molar-refractivity contribution in [1.82, 2.24) is 4.90 Å². The monoisotopic (exact) mass is 385 g/mol. The topological polar surface area (TPSA) is 85.3 Å². The Labute approximate surface area is 149 Å². The number of morpholine rings is 1. The summed E-state index contributed by atoms with van der Waals surface area (Å²) in [7, 11) is 1.18. The van der Waals surface area contributed by atoms with Gasteiger partial charge in [-0.2, -0.15) is 0 Å². The summed E-state index contributed by atoms with van der Waals surface area (Å²) < 4.78 is 26.2. The molecule has 0 bridgehead atoms. The lowest BCUT2D eigenvalue weighted by molar-refractivity contribution is -0.153. The Kier molecular flexibility index (Phi) is 12.2. The highest BCUT2D eigenvalue weighted by Crippen LogP contribution is 2.54. The zero-order chi connectivity index (χ0) is 18.6. The van der Waals surface area contributed by atoms with Crippen molar-refractivity contribution in [2.75, 3.05) is 52.3 Å². The molecule has 9 heteroatoms. The maximum absolute atomic E-state index is 12.1. The molecule has 1 N–H and O–H groups in total. The minimum absolute atomic E-state index is 0.0956. The summed E-state index contributed by atoms with van der Waals surface area (Å²) in [5, 5.41) is 0. The second-order valence-electron chi connectivity index (χ2n) is 5.71. The van der Waals surface area contributed by atoms with Crippen LogP contribution in [0.25, 0.3) is 0 Å². The summed E-state index contributed by atoms with van der Waals surface area (Å²) in [6.45, 7) is 8.30. The molecule has 0 aromatic carbocycles. The second-order valence-corrected chi connectivity index (χ2v) is 9.84. The molecule has 0 spiro atoms. The number of carbonyl (C=O) groups excluding carboxylic acids is 1. The van der Waals surface area contributed by atoms with Gasteiger partial charge in [-0.1, -0.05) is 13.8 Å². The standard InChI is InChI=1S/C13H26NO6PS.C2H6/c1-13(2,4-5-14-6-8-19-9-7-14)12(15)20-10-11-22-21(16,17)18-3;1-2/h4-11H2,1-3H3,(H,16,17);1-2H3. The highest BCUT2D eigenvalue weighted by atomic mass is 32.7. The third-order valence-corrected chi connectivity index (χ3v) is 6.62. The summed E-state index contributed by atoms with van der Waals surface area (Å²) in [6, 6.07) is 0. The quantitative estimate of drug-likeness (QED) is 0.368. The normalized spacial score (nSPS) is 18.2. The van der Waals surface area contributed by atoms with E-state index in [0.29, 0.717) is 6.42 Å². The number of rotatable bonds is 9. The fourth-order valence-electron chi connectivity index (χ4n) is 1.90. The van der Waals surface area contributed by atoms with Gasteiger partial charge in [-0.15, -0.1) is 0 Å². The number of esters is 1. The average Bonchev–Trinajstić information content (AvgIpc) is 2.59. The van der Waals surface area contributed by atoms with Gasteiger partial charge in [0, 0.05) is 26.0 Å². The molecule has 7 nitrogen and oxygen atoms in total. The summed E-state index contributed by atoms with van der Waals surface area (Å²) in [4.78, 5) is 23.6. The minimum atomic E-state index is -3.60. The number of ether oxygens (including phenoxy) is 2. The smallest absolute Gasteiger partial charge is 0.386 e. The summed E-state index contributed by atoms with van der Waals surface area (Å²) >= 11 is 0.757. The van der Waals surface area contributed by atoms with Crippen LogP contribution in [0.3, 0.4) is 0 Å². The third-order valence-electron chi connectivity index (χ3n) is 3.51. The number of hydrogen-bond donors (Lipinski definition) is 1. The lowest BCUT2D eigenvalue weighted by Gasteiger charge is -2.30. The molecule has 1 aliphatic heterocycles. The molecular formula is C15H32NO6PS. The molecular weight excluding hydrogens is 353 g/mol. The molecule has 1 aliphatic rings. The summed E-state index contributed by atoms with van der Waals surface area (Å²) in [5.41, 5.74) is -0.576. The van der Waals surface area contributed by atoms with Gasteiger partial charge in [0.25, 0.3) is 0 Å². The summed E-state index contributed by atoms with van der Waals surface area (Å²) in [5.74, 6) is -0.0565. The molecule has 0 radical (unpaired) electrons. The van der Waals surface area contributed by atoms with Crippen LogP contribution < -0.4 is 0 Å². The van der Waals surface area contributed by atoms with Gasteiger partial charge < -0.3 is 18.9 Å². The third kappa shape index (κ3) is 10.0. The molecule has 0 aromatic heterocycles. The zero-order valence-corrected chi connectivity index (χ0v) is 17.2. The predicted molar refractivity (Wildman–Crippen MR) is 97.3 cm³/mol. The van der Waals surface area contributed by atoms with E-state index in [0.717, 1.165) is 44.2 Å². The van der Waals surface area contributed by atoms with Crippen molar-refractivity contribution >= 4 is 24.1 Å². The molecule has 0 aromatic rings. The van der Waals surface area contributed by atoms with Crippen molar-refractivity contribution in [1.29, 1.82) is 0 Å². The zero-order valence-electron chi connectivity index (χ0n) is 15.4. The average molecular weight is 385 g/mol. The Balaban J connectivity index is 0.00000254. The number of nitrogens with zero attached hydrogens (tertiary/aromatic N) is 1. The second kappa shape index (κ2) is 12.3. The molecule has 24 heavy (non-hydrogen) atoms. The Morgan fingerprint density at radius 1 is 1.33 bits per heavy atom. The molecule has 0 amide bonds. The molecule has 0 saturated carbocycles. The Bertz CT molecular complexity index is 401. The first-order valence-corrected chi connectivity index (χ1v) is 11.4. The lowest BCUT2D eigenvalue weighted by atomic mass is 9.89. The van der Waals surface area contributed by atoms with Gasteiger partial charge in [0.15, 0.2) is 0 Å². The summed E-state index contributed by atoms with van der Waals surface area (Å²) in [6.07, 6.45) is 0.704. The van der Waals surface area contributed by atoms with Crippen molar-refractivity contribution in [3.05, 3.63) is 0 Å². The van der Waals surface area contributed by atoms with Crippen LogP contribution in [0.2, 0.25) is 0 Å². The van der Waals surface area contributed by atoms with Gasteiger partial charge in [0.05, 0.1) is 18.6 Å². The van der Waals surface area contributed by atoms with Crippen LogP contribution in [0.15, 0.2) is 0 Å². The van der Waals surface area contributed by atoms with Crippen LogP contribution >= 0.6 is 18.2 Å². The van der Waals surface area contributed by atoms with Gasteiger partial charge in [-0.3, -0.25) is 9.69 Å². The first kappa shape index (κ1) is 23.9. The van der Waals surface area contributed by atoms with E-state index in [1.165, 1.54) is 7.11 Å². The molecule has 1 rings (SSSR count). The Morgan fingerprint density at radius 2 is 1.92 bits per heavy atom. The van der Waals surface area contributed by atoms with E-state index in [9.17, 15) is 14.3 Å². The van der Waals surface area contributed by atoms with Crippen molar-refractivity contribution < 1.29 is 28.3 Å². The van der Waals surface area contributed by atoms with E-state index >= 15 is 0 Å². The molecule has 1 saturated heterocycles. The van der Waals surface area contributed by atoms with Crippen LogP contribution in [0.4, 0.5) is 0 Å². The van der Waals surface area contributed by atoms with Crippen LogP contribution in [0.5, 0.6) is 0 Å². The van der Waals surface area contributed by atoms with E-state index in [1.807, 2.05) is 27.7 Å². The van der Waals surface area contributed by atoms with Gasteiger partial charge in [-0.05, 0) is 38.2 Å². The van der Waals surface area contributed by atoms with Crippen molar-refractivity contribution in [2.24, 2.45) is 5.41 Å². The van der Waals surface area contributed by atoms with Crippen molar-refractivity contribution in [3.8, 4) is 0 Å². The molecule has 1 heterocycles. The number of carbonyl (C=O) groups is 1. The molecule has 0 aliphatic carbocycles. The Morgan fingerprint density at radius 3 is 2.46 bits per heavy atom. The Hall–Kier alpha value is -0.110. The number of hydrogen-bond acceptors (Lipinski definition) is 7.